The van der Waals surface area contributed by atoms with Crippen molar-refractivity contribution in [3.63, 3.8) is 0 Å². The molecule has 2 aromatic carbocycles. The van der Waals surface area contributed by atoms with Crippen LogP contribution in [0.2, 0.25) is 0 Å². The quantitative estimate of drug-likeness (QED) is 0.515. The minimum absolute atomic E-state index is 0.00479. The zero-order chi connectivity index (χ0) is 21.5. The highest BCUT2D eigenvalue weighted by Gasteiger charge is 2.36. The SMILES string of the molecule is COc1cccc(N2CC(C(=O)OCC(=O)N(CC#N)c3ccccc3)CC2=O)c1. The van der Waals surface area contributed by atoms with E-state index in [1.54, 1.807) is 54.6 Å². The van der Waals surface area contributed by atoms with E-state index in [-0.39, 0.29) is 25.4 Å². The molecule has 0 bridgehead atoms. The van der Waals surface area contributed by atoms with Gasteiger partial charge in [0.25, 0.3) is 5.91 Å². The van der Waals surface area contributed by atoms with Crippen LogP contribution >= 0.6 is 0 Å². The predicted octanol–water partition coefficient (Wildman–Crippen LogP) is 2.15. The Labute approximate surface area is 174 Å². The monoisotopic (exact) mass is 407 g/mol. The molecule has 1 heterocycles. The molecule has 3 rings (SSSR count). The van der Waals surface area contributed by atoms with Gasteiger partial charge in [0.05, 0.1) is 19.1 Å². The van der Waals surface area contributed by atoms with Crippen LogP contribution in [0.3, 0.4) is 0 Å². The zero-order valence-corrected chi connectivity index (χ0v) is 16.5. The van der Waals surface area contributed by atoms with Gasteiger partial charge in [0, 0.05) is 30.4 Å². The number of amides is 2. The van der Waals surface area contributed by atoms with Gasteiger partial charge >= 0.3 is 5.97 Å². The van der Waals surface area contributed by atoms with Gasteiger partial charge in [-0.25, -0.2) is 0 Å². The first-order chi connectivity index (χ1) is 14.5. The topological polar surface area (TPSA) is 99.9 Å². The fourth-order valence-corrected chi connectivity index (χ4v) is 3.22. The molecular weight excluding hydrogens is 386 g/mol. The Kier molecular flexibility index (Phi) is 6.65. The van der Waals surface area contributed by atoms with Crippen molar-refractivity contribution in [1.29, 1.82) is 5.26 Å². The van der Waals surface area contributed by atoms with Crippen LogP contribution in [0.5, 0.6) is 5.75 Å². The van der Waals surface area contributed by atoms with Gasteiger partial charge in [0.2, 0.25) is 5.91 Å². The molecule has 1 atom stereocenters. The Morgan fingerprint density at radius 2 is 1.97 bits per heavy atom. The molecule has 2 aromatic rings. The molecule has 0 saturated carbocycles. The zero-order valence-electron chi connectivity index (χ0n) is 16.5. The van der Waals surface area contributed by atoms with Crippen molar-refractivity contribution in [3.8, 4) is 11.8 Å². The largest absolute Gasteiger partial charge is 0.497 e. The predicted molar refractivity (Wildman–Crippen MR) is 109 cm³/mol. The summed E-state index contributed by atoms with van der Waals surface area (Å²) in [6, 6.07) is 17.6. The molecule has 8 nitrogen and oxygen atoms in total. The lowest BCUT2D eigenvalue weighted by Crippen LogP contribution is -2.36. The molecule has 1 saturated heterocycles. The van der Waals surface area contributed by atoms with E-state index >= 15 is 0 Å². The number of para-hydroxylation sites is 1. The lowest BCUT2D eigenvalue weighted by molar-refractivity contribution is -0.151. The third-order valence-electron chi connectivity index (χ3n) is 4.76. The molecule has 1 aliphatic rings. The summed E-state index contributed by atoms with van der Waals surface area (Å²) in [4.78, 5) is 40.1. The molecule has 1 aliphatic heterocycles. The second-order valence-corrected chi connectivity index (χ2v) is 6.69. The van der Waals surface area contributed by atoms with Crippen molar-refractivity contribution in [3.05, 3.63) is 54.6 Å². The molecule has 0 spiro atoms. The van der Waals surface area contributed by atoms with Crippen molar-refractivity contribution in [2.75, 3.05) is 36.6 Å². The Morgan fingerprint density at radius 3 is 2.67 bits per heavy atom. The number of esters is 1. The van der Waals surface area contributed by atoms with Crippen LogP contribution < -0.4 is 14.5 Å². The van der Waals surface area contributed by atoms with Crippen molar-refractivity contribution in [2.24, 2.45) is 5.92 Å². The minimum Gasteiger partial charge on any atom is -0.497 e. The molecule has 0 aromatic heterocycles. The van der Waals surface area contributed by atoms with E-state index in [9.17, 15) is 14.4 Å². The van der Waals surface area contributed by atoms with Gasteiger partial charge in [0.15, 0.2) is 6.61 Å². The van der Waals surface area contributed by atoms with E-state index in [0.717, 1.165) is 0 Å². The minimum atomic E-state index is -0.669. The summed E-state index contributed by atoms with van der Waals surface area (Å²) in [6.45, 7) is -0.495. The van der Waals surface area contributed by atoms with E-state index in [1.807, 2.05) is 6.07 Å². The van der Waals surface area contributed by atoms with Crippen LogP contribution in [0.4, 0.5) is 11.4 Å². The molecule has 2 amide bonds. The van der Waals surface area contributed by atoms with E-state index in [2.05, 4.69) is 0 Å². The van der Waals surface area contributed by atoms with Gasteiger partial charge in [-0.1, -0.05) is 24.3 Å². The number of ether oxygens (including phenoxy) is 2. The highest BCUT2D eigenvalue weighted by Crippen LogP contribution is 2.28. The number of anilines is 2. The Balaban J connectivity index is 1.60. The van der Waals surface area contributed by atoms with Crippen molar-refractivity contribution in [2.45, 2.75) is 6.42 Å². The van der Waals surface area contributed by atoms with E-state index < -0.39 is 24.4 Å². The number of hydrogen-bond acceptors (Lipinski definition) is 6. The van der Waals surface area contributed by atoms with Crippen molar-refractivity contribution >= 4 is 29.2 Å². The maximum atomic E-state index is 12.5. The second kappa shape index (κ2) is 9.56. The van der Waals surface area contributed by atoms with Crippen LogP contribution in [-0.2, 0) is 19.1 Å². The van der Waals surface area contributed by atoms with Gasteiger partial charge in [0.1, 0.15) is 12.3 Å². The summed E-state index contributed by atoms with van der Waals surface area (Å²) in [5, 5.41) is 9.00. The lowest BCUT2D eigenvalue weighted by atomic mass is 10.1. The van der Waals surface area contributed by atoms with Gasteiger partial charge < -0.3 is 14.4 Å². The highest BCUT2D eigenvalue weighted by molar-refractivity contribution is 6.00. The molecule has 0 N–H and O–H groups in total. The average Bonchev–Trinajstić information content (AvgIpc) is 3.18. The van der Waals surface area contributed by atoms with E-state index in [1.165, 1.54) is 16.9 Å². The van der Waals surface area contributed by atoms with Crippen molar-refractivity contribution in [1.82, 2.24) is 0 Å². The molecule has 1 fully saturated rings. The van der Waals surface area contributed by atoms with E-state index in [0.29, 0.717) is 17.1 Å². The summed E-state index contributed by atoms with van der Waals surface area (Å²) in [6.07, 6.45) is 0.00479. The van der Waals surface area contributed by atoms with Gasteiger partial charge in [-0.3, -0.25) is 19.3 Å². The van der Waals surface area contributed by atoms with Crippen LogP contribution in [0.15, 0.2) is 54.6 Å². The lowest BCUT2D eigenvalue weighted by Gasteiger charge is -2.20. The standard InChI is InChI=1S/C22H21N3O5/c1-29-19-9-5-8-18(13-19)25-14-16(12-20(25)26)22(28)30-15-21(27)24(11-10-23)17-6-3-2-4-7-17/h2-9,13,16H,11-12,14-15H2,1H3. The molecule has 0 aliphatic carbocycles. The van der Waals surface area contributed by atoms with Gasteiger partial charge in [-0.05, 0) is 24.3 Å². The number of nitriles is 1. The second-order valence-electron chi connectivity index (χ2n) is 6.69. The number of carbonyl (C=O) groups is 3. The molecule has 30 heavy (non-hydrogen) atoms. The molecule has 8 heteroatoms. The summed E-state index contributed by atoms with van der Waals surface area (Å²) in [7, 11) is 1.53. The fourth-order valence-electron chi connectivity index (χ4n) is 3.22. The number of hydrogen-bond donors (Lipinski definition) is 0. The first kappa shape index (κ1) is 20.9. The Morgan fingerprint density at radius 1 is 1.20 bits per heavy atom. The van der Waals surface area contributed by atoms with E-state index in [4.69, 9.17) is 14.7 Å². The number of carbonyl (C=O) groups excluding carboxylic acids is 3. The molecule has 154 valence electrons. The molecule has 0 radical (unpaired) electrons. The van der Waals surface area contributed by atoms with Crippen LogP contribution in [0.25, 0.3) is 0 Å². The number of nitrogens with zero attached hydrogens (tertiary/aromatic N) is 3. The first-order valence-electron chi connectivity index (χ1n) is 9.37. The van der Waals surface area contributed by atoms with Crippen LogP contribution in [0.1, 0.15) is 6.42 Å². The third-order valence-corrected chi connectivity index (χ3v) is 4.76. The Hall–Kier alpha value is -3.86. The number of benzene rings is 2. The maximum absolute atomic E-state index is 12.5. The van der Waals surface area contributed by atoms with Crippen LogP contribution in [0, 0.1) is 17.2 Å². The van der Waals surface area contributed by atoms with Gasteiger partial charge in [-0.15, -0.1) is 0 Å². The highest BCUT2D eigenvalue weighted by atomic mass is 16.5. The van der Waals surface area contributed by atoms with Crippen molar-refractivity contribution < 1.29 is 23.9 Å². The summed E-state index contributed by atoms with van der Waals surface area (Å²) in [5.41, 5.74) is 1.18. The first-order valence-corrected chi connectivity index (χ1v) is 9.37. The number of rotatable bonds is 7. The summed E-state index contributed by atoms with van der Waals surface area (Å²) >= 11 is 0. The van der Waals surface area contributed by atoms with Crippen LogP contribution in [-0.4, -0.2) is 44.6 Å². The molecule has 1 unspecified atom stereocenters. The molecular formula is C22H21N3O5. The normalized spacial score (nSPS) is 15.4. The number of methoxy groups -OCH3 is 1. The smallest absolute Gasteiger partial charge is 0.311 e. The summed E-state index contributed by atoms with van der Waals surface area (Å²) in [5.74, 6) is -1.39. The average molecular weight is 407 g/mol. The maximum Gasteiger partial charge on any atom is 0.311 e. The summed E-state index contributed by atoms with van der Waals surface area (Å²) < 4.78 is 10.3. The third kappa shape index (κ3) is 4.75. The fraction of sp³-hybridized carbons (Fsp3) is 0.273. The van der Waals surface area contributed by atoms with Gasteiger partial charge in [-0.2, -0.15) is 5.26 Å². The Bertz CT molecular complexity index is 970.